The minimum atomic E-state index is -0.525. The standard InChI is InChI=1S/C12H12Cl2O3S/c13-8-16-11(15)7-6-10(14)12(18)17-9-4-2-1-3-5-9/h1-5,10H,6-8H2. The highest BCUT2D eigenvalue weighted by Crippen LogP contribution is 2.15. The lowest BCUT2D eigenvalue weighted by atomic mass is 10.2. The summed E-state index contributed by atoms with van der Waals surface area (Å²) in [6.07, 6.45) is 0.502. The summed E-state index contributed by atoms with van der Waals surface area (Å²) in [5.74, 6) is 0.217. The number of ether oxygens (including phenoxy) is 2. The molecule has 0 saturated carbocycles. The molecule has 0 amide bonds. The highest BCUT2D eigenvalue weighted by atomic mass is 35.5. The Hall–Kier alpha value is -0.840. The smallest absolute Gasteiger partial charge is 0.307 e. The van der Waals surface area contributed by atoms with Crippen molar-refractivity contribution in [1.29, 1.82) is 0 Å². The van der Waals surface area contributed by atoms with Crippen LogP contribution < -0.4 is 4.74 Å². The van der Waals surface area contributed by atoms with Crippen molar-refractivity contribution in [3.63, 3.8) is 0 Å². The lowest BCUT2D eigenvalue weighted by Crippen LogP contribution is -2.20. The monoisotopic (exact) mass is 306 g/mol. The van der Waals surface area contributed by atoms with Crippen molar-refractivity contribution < 1.29 is 14.3 Å². The second-order valence-corrected chi connectivity index (χ2v) is 4.51. The van der Waals surface area contributed by atoms with Crippen LogP contribution in [0.15, 0.2) is 30.3 Å². The van der Waals surface area contributed by atoms with Gasteiger partial charge in [0.15, 0.2) is 11.1 Å². The second-order valence-electron chi connectivity index (χ2n) is 3.37. The van der Waals surface area contributed by atoms with E-state index >= 15 is 0 Å². The van der Waals surface area contributed by atoms with Crippen molar-refractivity contribution in [3.05, 3.63) is 30.3 Å². The third kappa shape index (κ3) is 5.67. The van der Waals surface area contributed by atoms with Crippen molar-refractivity contribution in [2.24, 2.45) is 0 Å². The molecule has 0 aliphatic carbocycles. The topological polar surface area (TPSA) is 35.5 Å². The van der Waals surface area contributed by atoms with E-state index in [1.165, 1.54) is 0 Å². The van der Waals surface area contributed by atoms with Crippen LogP contribution in [0.2, 0.25) is 0 Å². The van der Waals surface area contributed by atoms with E-state index in [9.17, 15) is 4.79 Å². The molecule has 0 N–H and O–H groups in total. The first kappa shape index (κ1) is 15.2. The maximum atomic E-state index is 11.1. The van der Waals surface area contributed by atoms with Gasteiger partial charge in [-0.25, -0.2) is 0 Å². The van der Waals surface area contributed by atoms with Crippen LogP contribution in [-0.2, 0) is 9.53 Å². The molecule has 0 bridgehead atoms. The molecule has 1 aromatic rings. The van der Waals surface area contributed by atoms with E-state index in [1.54, 1.807) is 12.1 Å². The number of alkyl halides is 2. The molecule has 1 atom stereocenters. The van der Waals surface area contributed by atoms with Gasteiger partial charge < -0.3 is 9.47 Å². The first-order valence-electron chi connectivity index (χ1n) is 5.26. The van der Waals surface area contributed by atoms with Gasteiger partial charge in [-0.2, -0.15) is 0 Å². The van der Waals surface area contributed by atoms with Gasteiger partial charge in [0.2, 0.25) is 0 Å². The number of hydrogen-bond acceptors (Lipinski definition) is 4. The summed E-state index contributed by atoms with van der Waals surface area (Å²) < 4.78 is 9.96. The molecule has 0 heterocycles. The summed E-state index contributed by atoms with van der Waals surface area (Å²) in [7, 11) is 0. The van der Waals surface area contributed by atoms with Gasteiger partial charge in [0.1, 0.15) is 11.1 Å². The maximum Gasteiger partial charge on any atom is 0.307 e. The lowest BCUT2D eigenvalue weighted by molar-refractivity contribution is -0.141. The van der Waals surface area contributed by atoms with Crippen LogP contribution in [0.4, 0.5) is 0 Å². The molecular weight excluding hydrogens is 295 g/mol. The molecule has 6 heteroatoms. The highest BCUT2D eigenvalue weighted by molar-refractivity contribution is 7.80. The predicted octanol–water partition coefficient (Wildman–Crippen LogP) is 3.52. The number of para-hydroxylation sites is 1. The molecule has 0 aliphatic heterocycles. The Kier molecular flexibility index (Phi) is 7.01. The van der Waals surface area contributed by atoms with E-state index in [0.717, 1.165) is 0 Å². The molecule has 0 radical (unpaired) electrons. The number of halogens is 2. The van der Waals surface area contributed by atoms with Gasteiger partial charge in [0.25, 0.3) is 0 Å². The minimum Gasteiger partial charge on any atom is -0.449 e. The van der Waals surface area contributed by atoms with Crippen LogP contribution in [0.3, 0.4) is 0 Å². The highest BCUT2D eigenvalue weighted by Gasteiger charge is 2.15. The summed E-state index contributed by atoms with van der Waals surface area (Å²) in [4.78, 5) is 11.1. The Morgan fingerprint density at radius 1 is 1.33 bits per heavy atom. The van der Waals surface area contributed by atoms with Gasteiger partial charge in [0.05, 0.1) is 0 Å². The fourth-order valence-corrected chi connectivity index (χ4v) is 1.65. The molecule has 0 saturated heterocycles. The SMILES string of the molecule is O=C(CCC(Cl)C(=S)Oc1ccccc1)OCCl. The number of thiocarbonyl (C=S) groups is 1. The zero-order chi connectivity index (χ0) is 13.4. The van der Waals surface area contributed by atoms with Crippen LogP contribution in [-0.4, -0.2) is 22.5 Å². The molecule has 0 fully saturated rings. The van der Waals surface area contributed by atoms with Gasteiger partial charge in [-0.05, 0) is 30.8 Å². The molecule has 1 unspecified atom stereocenters. The fraction of sp³-hybridized carbons (Fsp3) is 0.333. The van der Waals surface area contributed by atoms with Crippen molar-refractivity contribution in [3.8, 4) is 5.75 Å². The first-order chi connectivity index (χ1) is 8.63. The minimum absolute atomic E-state index is 0.152. The van der Waals surface area contributed by atoms with Crippen LogP contribution in [0.1, 0.15) is 12.8 Å². The third-order valence-electron chi connectivity index (χ3n) is 2.03. The average Bonchev–Trinajstić information content (AvgIpc) is 2.37. The number of esters is 1. The quantitative estimate of drug-likeness (QED) is 0.458. The Balaban J connectivity index is 2.35. The van der Waals surface area contributed by atoms with Crippen molar-refractivity contribution >= 4 is 46.4 Å². The number of benzene rings is 1. The van der Waals surface area contributed by atoms with E-state index in [4.69, 9.17) is 40.2 Å². The average molecular weight is 307 g/mol. The van der Waals surface area contributed by atoms with Crippen LogP contribution in [0.25, 0.3) is 0 Å². The molecule has 98 valence electrons. The van der Waals surface area contributed by atoms with Gasteiger partial charge in [0, 0.05) is 6.42 Å². The lowest BCUT2D eigenvalue weighted by Gasteiger charge is -2.11. The zero-order valence-electron chi connectivity index (χ0n) is 9.47. The molecule has 1 aromatic carbocycles. The summed E-state index contributed by atoms with van der Waals surface area (Å²) in [5.41, 5.74) is 0. The Morgan fingerprint density at radius 3 is 2.61 bits per heavy atom. The van der Waals surface area contributed by atoms with Crippen molar-refractivity contribution in [1.82, 2.24) is 0 Å². The number of carbonyl (C=O) groups is 1. The Bertz CT molecular complexity index is 398. The van der Waals surface area contributed by atoms with Crippen LogP contribution in [0.5, 0.6) is 5.75 Å². The molecule has 0 aliphatic rings. The van der Waals surface area contributed by atoms with E-state index in [2.05, 4.69) is 4.74 Å². The van der Waals surface area contributed by atoms with E-state index in [1.807, 2.05) is 18.2 Å². The Labute approximate surface area is 121 Å². The predicted molar refractivity (Wildman–Crippen MR) is 75.4 cm³/mol. The van der Waals surface area contributed by atoms with Gasteiger partial charge in [-0.15, -0.1) is 11.6 Å². The third-order valence-corrected chi connectivity index (χ3v) is 3.06. The normalized spacial score (nSPS) is 11.7. The van der Waals surface area contributed by atoms with Crippen LogP contribution >= 0.6 is 35.4 Å². The summed E-state index contributed by atoms with van der Waals surface area (Å²) >= 11 is 16.3. The molecule has 1 rings (SSSR count). The van der Waals surface area contributed by atoms with Crippen LogP contribution in [0, 0.1) is 0 Å². The molecule has 0 aromatic heterocycles. The molecule has 18 heavy (non-hydrogen) atoms. The van der Waals surface area contributed by atoms with Gasteiger partial charge in [-0.3, -0.25) is 4.79 Å². The van der Waals surface area contributed by atoms with Crippen molar-refractivity contribution in [2.75, 3.05) is 6.07 Å². The summed E-state index contributed by atoms with van der Waals surface area (Å²) in [5, 5.41) is -0.287. The number of rotatable bonds is 6. The Morgan fingerprint density at radius 2 is 2.00 bits per heavy atom. The largest absolute Gasteiger partial charge is 0.449 e. The molecule has 3 nitrogen and oxygen atoms in total. The van der Waals surface area contributed by atoms with E-state index in [-0.39, 0.29) is 17.5 Å². The summed E-state index contributed by atoms with van der Waals surface area (Å²) in [6.45, 7) is 0. The summed E-state index contributed by atoms with van der Waals surface area (Å²) in [6, 6.07) is 8.93. The number of hydrogen-bond donors (Lipinski definition) is 0. The maximum absolute atomic E-state index is 11.1. The van der Waals surface area contributed by atoms with E-state index in [0.29, 0.717) is 12.2 Å². The van der Waals surface area contributed by atoms with E-state index < -0.39 is 11.3 Å². The molecular formula is C12H12Cl2O3S. The van der Waals surface area contributed by atoms with Gasteiger partial charge >= 0.3 is 5.97 Å². The first-order valence-corrected chi connectivity index (χ1v) is 6.64. The van der Waals surface area contributed by atoms with Gasteiger partial charge in [-0.1, -0.05) is 29.8 Å². The van der Waals surface area contributed by atoms with Crippen molar-refractivity contribution in [2.45, 2.75) is 18.2 Å². The number of carbonyl (C=O) groups excluding carboxylic acids is 1. The fourth-order valence-electron chi connectivity index (χ4n) is 1.16. The second kappa shape index (κ2) is 8.29. The zero-order valence-corrected chi connectivity index (χ0v) is 11.8. The molecule has 0 spiro atoms.